The number of carbonyl (C=O) groups is 1. The third-order valence-electron chi connectivity index (χ3n) is 1.49. The number of amides is 1. The van der Waals surface area contributed by atoms with Gasteiger partial charge in [-0.05, 0) is 12.2 Å². The highest BCUT2D eigenvalue weighted by atomic mass is 16.1. The Morgan fingerprint density at radius 2 is 2.50 bits per heavy atom. The molecule has 2 aliphatic rings. The Labute approximate surface area is 58.1 Å². The van der Waals surface area contributed by atoms with E-state index < -0.39 is 0 Å². The van der Waals surface area contributed by atoms with Crippen molar-refractivity contribution in [2.75, 3.05) is 0 Å². The molecule has 50 valence electrons. The highest BCUT2D eigenvalue weighted by Gasteiger charge is 2.15. The van der Waals surface area contributed by atoms with Gasteiger partial charge in [0.15, 0.2) is 0 Å². The molecule has 3 nitrogen and oxygen atoms in total. The molecule has 1 amide bonds. The topological polar surface area (TPSA) is 41.5 Å². The van der Waals surface area contributed by atoms with Crippen molar-refractivity contribution in [3.63, 3.8) is 0 Å². The molecule has 0 aromatic rings. The fourth-order valence-corrected chi connectivity index (χ4v) is 1.01. The number of nitrogens with one attached hydrogen (secondary N) is 1. The van der Waals surface area contributed by atoms with Crippen LogP contribution in [0.3, 0.4) is 0 Å². The monoisotopic (exact) mass is 134 g/mol. The lowest BCUT2D eigenvalue weighted by Gasteiger charge is -2.10. The molecule has 2 heterocycles. The lowest BCUT2D eigenvalue weighted by molar-refractivity contribution is -0.119. The molecule has 1 N–H and O–H groups in total. The summed E-state index contributed by atoms with van der Waals surface area (Å²) in [5.74, 6) is 0.0421. The second-order valence-electron chi connectivity index (χ2n) is 2.20. The van der Waals surface area contributed by atoms with Gasteiger partial charge in [-0.25, -0.2) is 0 Å². The molecule has 0 unspecified atom stereocenters. The molecule has 0 saturated heterocycles. The van der Waals surface area contributed by atoms with Gasteiger partial charge in [-0.15, -0.1) is 0 Å². The summed E-state index contributed by atoms with van der Waals surface area (Å²) in [5.41, 5.74) is 1.72. The van der Waals surface area contributed by atoms with Gasteiger partial charge in [0, 0.05) is 12.6 Å². The van der Waals surface area contributed by atoms with Crippen molar-refractivity contribution >= 4 is 12.1 Å². The number of hydrogen-bond donors (Lipinski definition) is 1. The van der Waals surface area contributed by atoms with Gasteiger partial charge in [0.25, 0.3) is 0 Å². The summed E-state index contributed by atoms with van der Waals surface area (Å²) in [6.07, 6.45) is 5.76. The minimum absolute atomic E-state index is 0.0421. The predicted molar refractivity (Wildman–Crippen MR) is 37.4 cm³/mol. The van der Waals surface area contributed by atoms with Crippen LogP contribution in [0.2, 0.25) is 0 Å². The van der Waals surface area contributed by atoms with Crippen molar-refractivity contribution in [1.82, 2.24) is 5.32 Å². The molecule has 0 bridgehead atoms. The number of carbonyl (C=O) groups excluding carboxylic acids is 1. The zero-order valence-corrected chi connectivity index (χ0v) is 5.29. The fraction of sp³-hybridized carbons (Fsp3) is 0.143. The van der Waals surface area contributed by atoms with Crippen molar-refractivity contribution in [3.05, 3.63) is 23.5 Å². The Kier molecular flexibility index (Phi) is 0.974. The van der Waals surface area contributed by atoms with Gasteiger partial charge in [-0.2, -0.15) is 0 Å². The van der Waals surface area contributed by atoms with Crippen molar-refractivity contribution in [2.24, 2.45) is 4.99 Å². The van der Waals surface area contributed by atoms with Crippen LogP contribution >= 0.6 is 0 Å². The van der Waals surface area contributed by atoms with Crippen LogP contribution in [0.5, 0.6) is 0 Å². The zero-order valence-electron chi connectivity index (χ0n) is 5.29. The number of fused-ring (bicyclic) bond motifs is 1. The summed E-state index contributed by atoms with van der Waals surface area (Å²) >= 11 is 0. The van der Waals surface area contributed by atoms with Gasteiger partial charge >= 0.3 is 0 Å². The van der Waals surface area contributed by atoms with Crippen LogP contribution in [-0.2, 0) is 4.79 Å². The van der Waals surface area contributed by atoms with Gasteiger partial charge in [-0.3, -0.25) is 9.79 Å². The van der Waals surface area contributed by atoms with Gasteiger partial charge < -0.3 is 5.32 Å². The first-order valence-electron chi connectivity index (χ1n) is 3.11. The minimum atomic E-state index is 0.0421. The summed E-state index contributed by atoms with van der Waals surface area (Å²) in [6, 6.07) is 0. The van der Waals surface area contributed by atoms with Crippen LogP contribution in [0.25, 0.3) is 0 Å². The van der Waals surface area contributed by atoms with Crippen LogP contribution in [0.1, 0.15) is 6.42 Å². The molecule has 0 aliphatic carbocycles. The predicted octanol–water partition coefficient (Wildman–Crippen LogP) is 0.358. The largest absolute Gasteiger partial charge is 0.324 e. The molecular formula is C7H6N2O. The number of nitrogens with zero attached hydrogens (tertiary/aromatic N) is 1. The zero-order chi connectivity index (χ0) is 6.97. The average molecular weight is 134 g/mol. The summed E-state index contributed by atoms with van der Waals surface area (Å²) < 4.78 is 0. The smallest absolute Gasteiger partial charge is 0.228 e. The van der Waals surface area contributed by atoms with E-state index in [1.165, 1.54) is 0 Å². The van der Waals surface area contributed by atoms with Crippen LogP contribution in [-0.4, -0.2) is 12.1 Å². The molecule has 0 saturated carbocycles. The fourth-order valence-electron chi connectivity index (χ4n) is 1.01. The first-order valence-corrected chi connectivity index (χ1v) is 3.11. The maximum absolute atomic E-state index is 10.8. The maximum Gasteiger partial charge on any atom is 0.228 e. The molecular weight excluding hydrogens is 128 g/mol. The van der Waals surface area contributed by atoms with Gasteiger partial charge in [0.2, 0.25) is 5.91 Å². The van der Waals surface area contributed by atoms with Gasteiger partial charge in [0.1, 0.15) is 0 Å². The van der Waals surface area contributed by atoms with Crippen molar-refractivity contribution < 1.29 is 4.79 Å². The second kappa shape index (κ2) is 1.80. The number of hydrogen-bond acceptors (Lipinski definition) is 2. The standard InChI is InChI=1S/C7H6N2O/c10-7-2-1-5-6(9-7)3-4-8-5/h1,3-4H,2H2,(H,9,10). The van der Waals surface area contributed by atoms with Gasteiger partial charge in [0.05, 0.1) is 11.4 Å². The van der Waals surface area contributed by atoms with Crippen LogP contribution < -0.4 is 5.32 Å². The Morgan fingerprint density at radius 3 is 3.40 bits per heavy atom. The van der Waals surface area contributed by atoms with Crippen LogP contribution in [0, 0.1) is 0 Å². The van der Waals surface area contributed by atoms with Crippen molar-refractivity contribution in [2.45, 2.75) is 6.42 Å². The van der Waals surface area contributed by atoms with E-state index in [0.717, 1.165) is 11.4 Å². The van der Waals surface area contributed by atoms with E-state index in [4.69, 9.17) is 0 Å². The molecule has 0 aromatic heterocycles. The Balaban J connectivity index is 2.39. The SMILES string of the molecule is O=C1CC=C2N=CC=C2N1. The van der Waals surface area contributed by atoms with Crippen LogP contribution in [0.4, 0.5) is 0 Å². The third kappa shape index (κ3) is 0.673. The Bertz CT molecular complexity index is 273. The first-order chi connectivity index (χ1) is 4.86. The summed E-state index contributed by atoms with van der Waals surface area (Å²) in [6.45, 7) is 0. The molecule has 2 aliphatic heterocycles. The normalized spacial score (nSPS) is 21.4. The molecule has 2 rings (SSSR count). The molecule has 0 atom stereocenters. The number of allylic oxidation sites excluding steroid dienone is 1. The van der Waals surface area contributed by atoms with E-state index in [1.54, 1.807) is 12.3 Å². The van der Waals surface area contributed by atoms with E-state index in [0.29, 0.717) is 6.42 Å². The van der Waals surface area contributed by atoms with E-state index >= 15 is 0 Å². The number of rotatable bonds is 0. The first kappa shape index (κ1) is 5.41. The minimum Gasteiger partial charge on any atom is -0.324 e. The van der Waals surface area contributed by atoms with Crippen molar-refractivity contribution in [3.8, 4) is 0 Å². The average Bonchev–Trinajstić information content (AvgIpc) is 2.33. The highest BCUT2D eigenvalue weighted by molar-refractivity contribution is 5.88. The molecule has 0 spiro atoms. The Morgan fingerprint density at radius 1 is 1.60 bits per heavy atom. The lowest BCUT2D eigenvalue weighted by Crippen LogP contribution is -2.25. The van der Waals surface area contributed by atoms with E-state index in [-0.39, 0.29) is 5.91 Å². The van der Waals surface area contributed by atoms with Crippen molar-refractivity contribution in [1.29, 1.82) is 0 Å². The molecule has 3 heteroatoms. The highest BCUT2D eigenvalue weighted by Crippen LogP contribution is 2.17. The maximum atomic E-state index is 10.8. The summed E-state index contributed by atoms with van der Waals surface area (Å²) in [5, 5.41) is 2.71. The van der Waals surface area contributed by atoms with E-state index in [1.807, 2.05) is 6.08 Å². The summed E-state index contributed by atoms with van der Waals surface area (Å²) in [4.78, 5) is 14.8. The molecule has 0 radical (unpaired) electrons. The quantitative estimate of drug-likeness (QED) is 0.510. The third-order valence-corrected chi connectivity index (χ3v) is 1.49. The number of aliphatic imine (C=N–C) groups is 1. The molecule has 10 heavy (non-hydrogen) atoms. The van der Waals surface area contributed by atoms with E-state index in [2.05, 4.69) is 10.3 Å². The summed E-state index contributed by atoms with van der Waals surface area (Å²) in [7, 11) is 0. The lowest BCUT2D eigenvalue weighted by atomic mass is 10.2. The van der Waals surface area contributed by atoms with Gasteiger partial charge in [-0.1, -0.05) is 0 Å². The molecule has 0 aromatic carbocycles. The second-order valence-corrected chi connectivity index (χ2v) is 2.20. The Hall–Kier alpha value is -1.38. The van der Waals surface area contributed by atoms with E-state index in [9.17, 15) is 4.79 Å². The molecule has 0 fully saturated rings. The van der Waals surface area contributed by atoms with Crippen LogP contribution in [0.15, 0.2) is 28.5 Å².